The summed E-state index contributed by atoms with van der Waals surface area (Å²) in [5, 5.41) is 62.0. The van der Waals surface area contributed by atoms with Crippen LogP contribution in [0.3, 0.4) is 0 Å². The molecule has 4 bridgehead atoms. The molecule has 0 radical (unpaired) electrons. The van der Waals surface area contributed by atoms with Crippen molar-refractivity contribution in [3.05, 3.63) is 24.3 Å². The standard InChI is InChI=1S/C25H32O11/c1-10-7-23-9-24(10,33)5-3-12(23)25-6-4-13(22(2,21(32)36-25)18(25)14(23)19(30)31)35-20-17(29)16(28)15(27)11(8-26)34-20/h4,6,11-18,20,26-29,33H,1,3,5,7-9H2,2H3,(H,30,31)/t11-,12-,13+,14-,15-,16+,17-,18-,20+,22-,23+,24+,25-/m1/s1. The molecule has 2 heterocycles. The van der Waals surface area contributed by atoms with Gasteiger partial charge in [0.05, 0.1) is 24.2 Å². The van der Waals surface area contributed by atoms with Gasteiger partial charge in [0.15, 0.2) is 6.29 Å². The molecular weight excluding hydrogens is 476 g/mol. The van der Waals surface area contributed by atoms with Crippen molar-refractivity contribution in [3.63, 3.8) is 0 Å². The minimum Gasteiger partial charge on any atom is -0.481 e. The van der Waals surface area contributed by atoms with Gasteiger partial charge in [0, 0.05) is 11.8 Å². The molecule has 36 heavy (non-hydrogen) atoms. The summed E-state index contributed by atoms with van der Waals surface area (Å²) in [5.74, 6) is -3.90. The van der Waals surface area contributed by atoms with Crippen LogP contribution >= 0.6 is 0 Å². The Hall–Kier alpha value is -1.86. The normalized spacial score (nSPS) is 56.9. The van der Waals surface area contributed by atoms with Crippen molar-refractivity contribution in [2.45, 2.75) is 80.6 Å². The first-order valence-electron chi connectivity index (χ1n) is 12.4. The van der Waals surface area contributed by atoms with Crippen molar-refractivity contribution >= 4 is 11.9 Å². The second-order valence-electron chi connectivity index (χ2n) is 11.7. The highest BCUT2D eigenvalue weighted by Gasteiger charge is 2.83. The molecule has 6 N–H and O–H groups in total. The minimum atomic E-state index is -1.68. The molecule has 0 amide bonds. The van der Waals surface area contributed by atoms with E-state index >= 15 is 0 Å². The van der Waals surface area contributed by atoms with Crippen LogP contribution in [0.2, 0.25) is 0 Å². The fourth-order valence-electron chi connectivity index (χ4n) is 8.63. The van der Waals surface area contributed by atoms with Crippen LogP contribution in [-0.2, 0) is 23.8 Å². The number of carbonyl (C=O) groups excluding carboxylic acids is 1. The van der Waals surface area contributed by atoms with E-state index in [1.54, 1.807) is 19.1 Å². The van der Waals surface area contributed by atoms with Crippen molar-refractivity contribution in [2.24, 2.45) is 28.6 Å². The predicted molar refractivity (Wildman–Crippen MR) is 118 cm³/mol. The quantitative estimate of drug-likeness (QED) is 0.199. The van der Waals surface area contributed by atoms with Gasteiger partial charge in [-0.1, -0.05) is 12.7 Å². The number of aliphatic hydroxyl groups is 5. The van der Waals surface area contributed by atoms with Crippen molar-refractivity contribution < 1.29 is 54.4 Å². The first-order valence-corrected chi connectivity index (χ1v) is 12.4. The van der Waals surface area contributed by atoms with Gasteiger partial charge in [-0.2, -0.15) is 0 Å². The SMILES string of the molecule is C=C1C[C@]23C[C@@]1(O)CC[C@H]2[C@@]12C=C[C@H](O[C@@H]4O[C@H](CO)[C@@H](O)[C@H](O)[C@H]4O)[C@@](C)(C(=O)O1)[C@H]2[C@@H]3C(=O)O. The Balaban J connectivity index is 1.41. The molecule has 2 saturated heterocycles. The number of ether oxygens (including phenoxy) is 3. The Morgan fingerprint density at radius 3 is 2.64 bits per heavy atom. The third kappa shape index (κ3) is 2.67. The average Bonchev–Trinajstić information content (AvgIpc) is 3.24. The maximum Gasteiger partial charge on any atom is 0.316 e. The Kier molecular flexibility index (Phi) is 5.01. The van der Waals surface area contributed by atoms with E-state index in [1.165, 1.54) is 0 Å². The van der Waals surface area contributed by atoms with Crippen LogP contribution in [-0.4, -0.2) is 97.2 Å². The molecule has 1 spiro atoms. The molecule has 4 aliphatic carbocycles. The summed E-state index contributed by atoms with van der Waals surface area (Å²) < 4.78 is 17.6. The number of hydrogen-bond acceptors (Lipinski definition) is 10. The number of rotatable bonds is 4. The summed E-state index contributed by atoms with van der Waals surface area (Å²) >= 11 is 0. The second-order valence-corrected chi connectivity index (χ2v) is 11.7. The Bertz CT molecular complexity index is 1060. The van der Waals surface area contributed by atoms with Gasteiger partial charge in [-0.05, 0) is 49.7 Å². The molecule has 6 aliphatic rings. The van der Waals surface area contributed by atoms with Gasteiger partial charge in [0.25, 0.3) is 0 Å². The van der Waals surface area contributed by atoms with Gasteiger partial charge in [-0.15, -0.1) is 0 Å². The van der Waals surface area contributed by atoms with E-state index < -0.39 is 89.2 Å². The zero-order valence-electron chi connectivity index (χ0n) is 19.8. The first-order chi connectivity index (χ1) is 16.9. The summed E-state index contributed by atoms with van der Waals surface area (Å²) in [6.07, 6.45) is -3.97. The van der Waals surface area contributed by atoms with Crippen molar-refractivity contribution in [3.8, 4) is 0 Å². The van der Waals surface area contributed by atoms with E-state index in [0.717, 1.165) is 0 Å². The van der Waals surface area contributed by atoms with Crippen LogP contribution < -0.4 is 0 Å². The third-order valence-corrected chi connectivity index (χ3v) is 10.2. The number of aliphatic carboxylic acids is 1. The van der Waals surface area contributed by atoms with Gasteiger partial charge in [0.2, 0.25) is 0 Å². The molecule has 13 atom stereocenters. The minimum absolute atomic E-state index is 0.235. The molecule has 0 aromatic rings. The fourth-order valence-corrected chi connectivity index (χ4v) is 8.63. The zero-order valence-corrected chi connectivity index (χ0v) is 19.8. The van der Waals surface area contributed by atoms with Crippen molar-refractivity contribution in [1.29, 1.82) is 0 Å². The van der Waals surface area contributed by atoms with Gasteiger partial charge < -0.3 is 44.8 Å². The monoisotopic (exact) mass is 508 g/mol. The van der Waals surface area contributed by atoms with Gasteiger partial charge in [-0.3, -0.25) is 9.59 Å². The van der Waals surface area contributed by atoms with Gasteiger partial charge in [0.1, 0.15) is 35.4 Å². The Morgan fingerprint density at radius 2 is 1.97 bits per heavy atom. The van der Waals surface area contributed by atoms with Crippen LogP contribution in [0.5, 0.6) is 0 Å². The lowest BCUT2D eigenvalue weighted by Crippen LogP contribution is -2.61. The van der Waals surface area contributed by atoms with Gasteiger partial charge in [-0.25, -0.2) is 0 Å². The second kappa shape index (κ2) is 7.37. The summed E-state index contributed by atoms with van der Waals surface area (Å²) in [5.41, 5.74) is -4.04. The topological polar surface area (TPSA) is 183 Å². The lowest BCUT2D eigenvalue weighted by molar-refractivity contribution is -0.315. The molecule has 0 aromatic heterocycles. The first kappa shape index (κ1) is 24.5. The summed E-state index contributed by atoms with van der Waals surface area (Å²) in [7, 11) is 0. The van der Waals surface area contributed by atoms with Crippen LogP contribution in [0.4, 0.5) is 0 Å². The largest absolute Gasteiger partial charge is 0.481 e. The van der Waals surface area contributed by atoms with Crippen LogP contribution in [0.25, 0.3) is 0 Å². The van der Waals surface area contributed by atoms with Crippen LogP contribution in [0.15, 0.2) is 24.3 Å². The average molecular weight is 509 g/mol. The molecular formula is C25H32O11. The Morgan fingerprint density at radius 1 is 1.25 bits per heavy atom. The summed E-state index contributed by atoms with van der Waals surface area (Å²) in [4.78, 5) is 26.4. The molecule has 0 aromatic carbocycles. The highest BCUT2D eigenvalue weighted by atomic mass is 16.7. The van der Waals surface area contributed by atoms with E-state index in [0.29, 0.717) is 24.8 Å². The number of fused-ring (bicyclic) bond motifs is 1. The van der Waals surface area contributed by atoms with Crippen LogP contribution in [0, 0.1) is 28.6 Å². The highest BCUT2D eigenvalue weighted by molar-refractivity contribution is 5.86. The fraction of sp³-hybridized carbons (Fsp3) is 0.760. The third-order valence-electron chi connectivity index (χ3n) is 10.2. The number of carboxylic acid groups (broad SMARTS) is 1. The molecule has 11 heteroatoms. The highest BCUT2D eigenvalue weighted by Crippen LogP contribution is 2.77. The maximum atomic E-state index is 13.5. The van der Waals surface area contributed by atoms with Crippen LogP contribution in [0.1, 0.15) is 32.6 Å². The number of hydrogen-bond donors (Lipinski definition) is 6. The van der Waals surface area contributed by atoms with Gasteiger partial charge >= 0.3 is 11.9 Å². The molecule has 5 fully saturated rings. The van der Waals surface area contributed by atoms with E-state index in [2.05, 4.69) is 6.58 Å². The number of carboxylic acids is 1. The van der Waals surface area contributed by atoms with Crippen molar-refractivity contribution in [1.82, 2.24) is 0 Å². The smallest absolute Gasteiger partial charge is 0.316 e. The molecule has 0 unspecified atom stereocenters. The number of esters is 1. The molecule has 11 nitrogen and oxygen atoms in total. The molecule has 3 saturated carbocycles. The molecule has 198 valence electrons. The predicted octanol–water partition coefficient (Wildman–Crippen LogP) is -1.15. The van der Waals surface area contributed by atoms with E-state index in [1.807, 2.05) is 0 Å². The van der Waals surface area contributed by atoms with E-state index in [9.17, 15) is 40.2 Å². The number of aliphatic hydroxyl groups excluding tert-OH is 4. The molecule has 6 rings (SSSR count). The summed E-state index contributed by atoms with van der Waals surface area (Å²) in [6, 6.07) is 0. The maximum absolute atomic E-state index is 13.5. The zero-order chi connectivity index (χ0) is 26.0. The Labute approximate surface area is 207 Å². The van der Waals surface area contributed by atoms with E-state index in [4.69, 9.17) is 14.2 Å². The van der Waals surface area contributed by atoms with Crippen molar-refractivity contribution in [2.75, 3.05) is 6.61 Å². The number of carbonyl (C=O) groups is 2. The lowest BCUT2D eigenvalue weighted by atomic mass is 9.61. The molecule has 2 aliphatic heterocycles. The van der Waals surface area contributed by atoms with E-state index in [-0.39, 0.29) is 12.3 Å². The summed E-state index contributed by atoms with van der Waals surface area (Å²) in [6.45, 7) is 4.99. The lowest BCUT2D eigenvalue weighted by Gasteiger charge is -2.45.